The number of hydrogen-bond donors (Lipinski definition) is 2. The van der Waals surface area contributed by atoms with Gasteiger partial charge in [0.15, 0.2) is 0 Å². The molecule has 1 aliphatic carbocycles. The Morgan fingerprint density at radius 2 is 2.00 bits per heavy atom. The zero-order valence-corrected chi connectivity index (χ0v) is 13.1. The van der Waals surface area contributed by atoms with Crippen LogP contribution in [-0.2, 0) is 4.74 Å². The van der Waals surface area contributed by atoms with E-state index in [0.29, 0.717) is 12.5 Å². The van der Waals surface area contributed by atoms with Crippen LogP contribution in [0.3, 0.4) is 0 Å². The molecule has 122 valence electrons. The van der Waals surface area contributed by atoms with Crippen molar-refractivity contribution in [2.24, 2.45) is 5.92 Å². The standard InChI is InChI=1S/C16H26N4O2/c21-14(13-4-2-1-3-5-13)11-17-15-10-16(19-12-18-15)20-6-8-22-9-7-20/h10,12-14,21H,1-9,11H2,(H,17,18,19). The zero-order chi connectivity index (χ0) is 15.2. The van der Waals surface area contributed by atoms with Crippen LogP contribution in [-0.4, -0.2) is 54.0 Å². The number of nitrogens with one attached hydrogen (secondary N) is 1. The van der Waals surface area contributed by atoms with Gasteiger partial charge in [0.05, 0.1) is 19.3 Å². The van der Waals surface area contributed by atoms with E-state index in [2.05, 4.69) is 20.2 Å². The highest BCUT2D eigenvalue weighted by molar-refractivity contribution is 5.48. The molecule has 0 amide bonds. The summed E-state index contributed by atoms with van der Waals surface area (Å²) in [6.45, 7) is 3.77. The molecule has 1 aromatic rings. The number of aromatic nitrogens is 2. The maximum Gasteiger partial charge on any atom is 0.134 e. The summed E-state index contributed by atoms with van der Waals surface area (Å²) < 4.78 is 5.36. The lowest BCUT2D eigenvalue weighted by Crippen LogP contribution is -2.36. The van der Waals surface area contributed by atoms with Crippen molar-refractivity contribution in [3.8, 4) is 0 Å². The van der Waals surface area contributed by atoms with Crippen LogP contribution in [0, 0.1) is 5.92 Å². The first kappa shape index (κ1) is 15.5. The Labute approximate surface area is 131 Å². The molecule has 6 nitrogen and oxygen atoms in total. The van der Waals surface area contributed by atoms with Crippen LogP contribution in [0.5, 0.6) is 0 Å². The second-order valence-corrected chi connectivity index (χ2v) is 6.21. The first-order valence-electron chi connectivity index (χ1n) is 8.39. The molecule has 2 N–H and O–H groups in total. The lowest BCUT2D eigenvalue weighted by Gasteiger charge is -2.28. The Morgan fingerprint density at radius 1 is 1.23 bits per heavy atom. The Morgan fingerprint density at radius 3 is 2.77 bits per heavy atom. The summed E-state index contributed by atoms with van der Waals surface area (Å²) in [4.78, 5) is 10.8. The predicted octanol–water partition coefficient (Wildman–Crippen LogP) is 1.67. The maximum absolute atomic E-state index is 10.3. The summed E-state index contributed by atoms with van der Waals surface area (Å²) in [6.07, 6.45) is 7.39. The van der Waals surface area contributed by atoms with Gasteiger partial charge in [0.1, 0.15) is 18.0 Å². The van der Waals surface area contributed by atoms with E-state index in [4.69, 9.17) is 4.74 Å². The molecule has 2 aliphatic rings. The quantitative estimate of drug-likeness (QED) is 0.862. The Balaban J connectivity index is 1.53. The highest BCUT2D eigenvalue weighted by atomic mass is 16.5. The van der Waals surface area contributed by atoms with Gasteiger partial charge in [0, 0.05) is 25.7 Å². The molecule has 1 saturated carbocycles. The number of anilines is 2. The van der Waals surface area contributed by atoms with Crippen molar-refractivity contribution in [1.82, 2.24) is 9.97 Å². The molecule has 0 aromatic carbocycles. The number of hydrogen-bond acceptors (Lipinski definition) is 6. The fraction of sp³-hybridized carbons (Fsp3) is 0.750. The number of morpholine rings is 1. The van der Waals surface area contributed by atoms with Crippen LogP contribution in [0.2, 0.25) is 0 Å². The second kappa shape index (κ2) is 7.74. The van der Waals surface area contributed by atoms with Crippen molar-refractivity contribution in [3.05, 3.63) is 12.4 Å². The topological polar surface area (TPSA) is 70.5 Å². The van der Waals surface area contributed by atoms with Gasteiger partial charge in [-0.15, -0.1) is 0 Å². The first-order valence-corrected chi connectivity index (χ1v) is 8.39. The van der Waals surface area contributed by atoms with Crippen molar-refractivity contribution >= 4 is 11.6 Å². The molecule has 2 heterocycles. The van der Waals surface area contributed by atoms with E-state index in [-0.39, 0.29) is 6.10 Å². The van der Waals surface area contributed by atoms with Crippen molar-refractivity contribution in [1.29, 1.82) is 0 Å². The average Bonchev–Trinajstić information content (AvgIpc) is 2.61. The van der Waals surface area contributed by atoms with Crippen molar-refractivity contribution in [3.63, 3.8) is 0 Å². The molecule has 1 atom stereocenters. The van der Waals surface area contributed by atoms with Gasteiger partial charge in [-0.2, -0.15) is 0 Å². The van der Waals surface area contributed by atoms with Crippen LogP contribution < -0.4 is 10.2 Å². The number of aliphatic hydroxyl groups is 1. The largest absolute Gasteiger partial charge is 0.391 e. The smallest absolute Gasteiger partial charge is 0.134 e. The number of rotatable bonds is 5. The van der Waals surface area contributed by atoms with Crippen LogP contribution in [0.4, 0.5) is 11.6 Å². The molecule has 3 rings (SSSR count). The van der Waals surface area contributed by atoms with Gasteiger partial charge in [-0.3, -0.25) is 0 Å². The molecule has 0 radical (unpaired) electrons. The van der Waals surface area contributed by atoms with Gasteiger partial charge in [-0.05, 0) is 18.8 Å². The summed E-state index contributed by atoms with van der Waals surface area (Å²) in [7, 11) is 0. The monoisotopic (exact) mass is 306 g/mol. The number of nitrogens with zero attached hydrogens (tertiary/aromatic N) is 3. The molecule has 0 bridgehead atoms. The Bertz CT molecular complexity index is 459. The van der Waals surface area contributed by atoms with E-state index in [1.807, 2.05) is 6.07 Å². The van der Waals surface area contributed by atoms with Gasteiger partial charge >= 0.3 is 0 Å². The zero-order valence-electron chi connectivity index (χ0n) is 13.1. The van der Waals surface area contributed by atoms with E-state index in [9.17, 15) is 5.11 Å². The van der Waals surface area contributed by atoms with Gasteiger partial charge in [-0.1, -0.05) is 19.3 Å². The second-order valence-electron chi connectivity index (χ2n) is 6.21. The minimum absolute atomic E-state index is 0.290. The van der Waals surface area contributed by atoms with Crippen LogP contribution >= 0.6 is 0 Å². The molecule has 22 heavy (non-hydrogen) atoms. The normalized spacial score (nSPS) is 21.6. The highest BCUT2D eigenvalue weighted by Gasteiger charge is 2.21. The third-order valence-corrected chi connectivity index (χ3v) is 4.67. The number of aliphatic hydroxyl groups excluding tert-OH is 1. The lowest BCUT2D eigenvalue weighted by molar-refractivity contribution is 0.0956. The van der Waals surface area contributed by atoms with Gasteiger partial charge in [0.25, 0.3) is 0 Å². The Kier molecular flexibility index (Phi) is 5.45. The van der Waals surface area contributed by atoms with Gasteiger partial charge in [0.2, 0.25) is 0 Å². The summed E-state index contributed by atoms with van der Waals surface area (Å²) in [5, 5.41) is 13.6. The van der Waals surface area contributed by atoms with Gasteiger partial charge in [-0.25, -0.2) is 9.97 Å². The van der Waals surface area contributed by atoms with Crippen molar-refractivity contribution in [2.75, 3.05) is 43.1 Å². The summed E-state index contributed by atoms with van der Waals surface area (Å²) in [6, 6.07) is 1.96. The van der Waals surface area contributed by atoms with Crippen LogP contribution in [0.1, 0.15) is 32.1 Å². The van der Waals surface area contributed by atoms with Crippen molar-refractivity contribution < 1.29 is 9.84 Å². The molecular weight excluding hydrogens is 280 g/mol. The third kappa shape index (κ3) is 4.08. The van der Waals surface area contributed by atoms with E-state index < -0.39 is 0 Å². The van der Waals surface area contributed by atoms with E-state index in [1.165, 1.54) is 19.3 Å². The minimum Gasteiger partial charge on any atom is -0.391 e. The third-order valence-electron chi connectivity index (χ3n) is 4.67. The molecule has 6 heteroatoms. The molecule has 0 spiro atoms. The molecule has 1 aromatic heterocycles. The fourth-order valence-electron chi connectivity index (χ4n) is 3.30. The summed E-state index contributed by atoms with van der Waals surface area (Å²) in [5.41, 5.74) is 0. The SMILES string of the molecule is OC(CNc1cc(N2CCOCC2)ncn1)C1CCCCC1. The molecule has 1 saturated heterocycles. The molecule has 1 aliphatic heterocycles. The molecule has 1 unspecified atom stereocenters. The first-order chi connectivity index (χ1) is 10.8. The van der Waals surface area contributed by atoms with Crippen LogP contribution in [0.15, 0.2) is 12.4 Å². The fourth-order valence-corrected chi connectivity index (χ4v) is 3.30. The maximum atomic E-state index is 10.3. The van der Waals surface area contributed by atoms with Crippen molar-refractivity contribution in [2.45, 2.75) is 38.2 Å². The summed E-state index contributed by atoms with van der Waals surface area (Å²) in [5.74, 6) is 2.14. The molecule has 2 fully saturated rings. The van der Waals surface area contributed by atoms with E-state index >= 15 is 0 Å². The van der Waals surface area contributed by atoms with Crippen LogP contribution in [0.25, 0.3) is 0 Å². The predicted molar refractivity (Wildman–Crippen MR) is 86.1 cm³/mol. The highest BCUT2D eigenvalue weighted by Crippen LogP contribution is 2.26. The number of ether oxygens (including phenoxy) is 1. The molecular formula is C16H26N4O2. The lowest BCUT2D eigenvalue weighted by atomic mass is 9.85. The summed E-state index contributed by atoms with van der Waals surface area (Å²) >= 11 is 0. The van der Waals surface area contributed by atoms with E-state index in [0.717, 1.165) is 50.8 Å². The average molecular weight is 306 g/mol. The van der Waals surface area contributed by atoms with E-state index in [1.54, 1.807) is 6.33 Å². The van der Waals surface area contributed by atoms with Gasteiger partial charge < -0.3 is 20.1 Å². The minimum atomic E-state index is -0.290. The Hall–Kier alpha value is -1.40.